The monoisotopic (exact) mass is 1280 g/mol. The largest absolute Gasteiger partial charge is 0.472 e. The number of carbonyl (C=O) groups is 4. The molecule has 0 aliphatic heterocycles. The van der Waals surface area contributed by atoms with E-state index < -0.39 is 97.5 Å². The van der Waals surface area contributed by atoms with E-state index >= 15 is 0 Å². The highest BCUT2D eigenvalue weighted by molar-refractivity contribution is 7.47. The normalized spacial score (nSPS) is 14.3. The first-order valence-corrected chi connectivity index (χ1v) is 38.3. The Hall–Kier alpha value is -1.94. The number of phosphoric ester groups is 2. The van der Waals surface area contributed by atoms with Crippen molar-refractivity contribution in [1.82, 2.24) is 0 Å². The molecule has 0 spiro atoms. The van der Waals surface area contributed by atoms with Crippen molar-refractivity contribution in [2.45, 2.75) is 356 Å². The van der Waals surface area contributed by atoms with Gasteiger partial charge in [0.2, 0.25) is 0 Å². The summed E-state index contributed by atoms with van der Waals surface area (Å²) < 4.78 is 68.1. The van der Waals surface area contributed by atoms with Crippen LogP contribution < -0.4 is 0 Å². The van der Waals surface area contributed by atoms with Crippen molar-refractivity contribution in [3.05, 3.63) is 0 Å². The Morgan fingerprint density at radius 1 is 0.310 bits per heavy atom. The lowest BCUT2D eigenvalue weighted by molar-refractivity contribution is -0.161. The molecule has 2 unspecified atom stereocenters. The van der Waals surface area contributed by atoms with E-state index in [1.54, 1.807) is 0 Å². The van der Waals surface area contributed by atoms with Crippen molar-refractivity contribution < 1.29 is 80.2 Å². The number of aliphatic hydroxyl groups excluding tert-OH is 1. The van der Waals surface area contributed by atoms with Crippen LogP contribution in [0.25, 0.3) is 0 Å². The number of esters is 4. The van der Waals surface area contributed by atoms with Gasteiger partial charge in [0.25, 0.3) is 0 Å². The number of unbranched alkanes of at least 4 members (excludes halogenated alkanes) is 34. The summed E-state index contributed by atoms with van der Waals surface area (Å²) in [7, 11) is -9.89. The second kappa shape index (κ2) is 59.1. The predicted octanol–water partition coefficient (Wildman–Crippen LogP) is 19.1. The average Bonchev–Trinajstić information content (AvgIpc) is 3.59. The van der Waals surface area contributed by atoms with Crippen LogP contribution in [0.3, 0.4) is 0 Å². The number of hydrogen-bond donors (Lipinski definition) is 3. The molecule has 0 rings (SSSR count). The van der Waals surface area contributed by atoms with Crippen LogP contribution in [0.2, 0.25) is 0 Å². The lowest BCUT2D eigenvalue weighted by Gasteiger charge is -2.21. The molecule has 87 heavy (non-hydrogen) atoms. The molecular weight excluding hydrogens is 1150 g/mol. The average molecular weight is 1280 g/mol. The van der Waals surface area contributed by atoms with Crippen LogP contribution in [-0.2, 0) is 65.4 Å². The molecule has 3 N–H and O–H groups in total. The zero-order valence-electron chi connectivity index (χ0n) is 56.5. The van der Waals surface area contributed by atoms with Crippen LogP contribution in [0, 0.1) is 17.8 Å². The van der Waals surface area contributed by atoms with Crippen LogP contribution in [0.1, 0.15) is 337 Å². The molecule has 0 amide bonds. The molecule has 0 aliphatic rings. The van der Waals surface area contributed by atoms with Gasteiger partial charge in [0, 0.05) is 25.7 Å². The molecular formula is C68H132O17P2. The van der Waals surface area contributed by atoms with Gasteiger partial charge in [-0.2, -0.15) is 0 Å². The third-order valence-corrected chi connectivity index (χ3v) is 17.5. The zero-order valence-corrected chi connectivity index (χ0v) is 58.3. The maximum atomic E-state index is 13.0. The van der Waals surface area contributed by atoms with Crippen molar-refractivity contribution in [2.75, 3.05) is 39.6 Å². The molecule has 0 aromatic carbocycles. The van der Waals surface area contributed by atoms with E-state index in [1.165, 1.54) is 141 Å². The number of ether oxygens (including phenoxy) is 4. The predicted molar refractivity (Wildman–Crippen MR) is 349 cm³/mol. The van der Waals surface area contributed by atoms with E-state index in [0.717, 1.165) is 102 Å². The Morgan fingerprint density at radius 2 is 0.529 bits per heavy atom. The Morgan fingerprint density at radius 3 is 0.782 bits per heavy atom. The minimum Gasteiger partial charge on any atom is -0.462 e. The zero-order chi connectivity index (χ0) is 64.5. The van der Waals surface area contributed by atoms with Crippen LogP contribution in [0.5, 0.6) is 0 Å². The summed E-state index contributed by atoms with van der Waals surface area (Å²) in [5, 5.41) is 10.6. The van der Waals surface area contributed by atoms with Gasteiger partial charge in [0.15, 0.2) is 12.2 Å². The van der Waals surface area contributed by atoms with Gasteiger partial charge in [0.1, 0.15) is 19.3 Å². The molecule has 0 heterocycles. The van der Waals surface area contributed by atoms with E-state index in [0.29, 0.717) is 37.5 Å². The summed E-state index contributed by atoms with van der Waals surface area (Å²) in [6, 6.07) is 0. The van der Waals surface area contributed by atoms with Gasteiger partial charge in [-0.3, -0.25) is 37.3 Å². The molecule has 516 valence electrons. The first-order chi connectivity index (χ1) is 41.7. The molecule has 0 aromatic heterocycles. The van der Waals surface area contributed by atoms with Crippen molar-refractivity contribution >= 4 is 39.5 Å². The summed E-state index contributed by atoms with van der Waals surface area (Å²) >= 11 is 0. The molecule has 0 radical (unpaired) electrons. The first-order valence-electron chi connectivity index (χ1n) is 35.3. The van der Waals surface area contributed by atoms with Gasteiger partial charge in [-0.15, -0.1) is 0 Å². The Balaban J connectivity index is 5.21. The smallest absolute Gasteiger partial charge is 0.462 e. The van der Waals surface area contributed by atoms with E-state index in [4.69, 9.17) is 37.0 Å². The topological polar surface area (TPSA) is 237 Å². The third kappa shape index (κ3) is 62.6. The standard InChI is InChI=1S/C68H132O17P2/c1-8-9-10-11-12-13-14-20-23-26-35-42-49-65(70)78-55-63(84-67(72)51-44-37-27-24-21-18-16-15-17-19-22-25-32-39-46-59(2)3)57-82-86(74,75)80-53-62(69)54-81-87(76,77)83-58-64(85-68(73)52-45-38-31-29-34-41-48-61(6)7)56-79-66(71)50-43-36-30-28-33-40-47-60(4)5/h59-64,69H,8-58H2,1-7H3,(H,74,75)(H,76,77)/t62-,63-,64-/m1/s1. The highest BCUT2D eigenvalue weighted by atomic mass is 31.2. The number of carbonyl (C=O) groups excluding carboxylic acids is 4. The van der Waals surface area contributed by atoms with Crippen LogP contribution >= 0.6 is 15.6 Å². The Kier molecular flexibility index (Phi) is 57.8. The number of rotatable bonds is 66. The van der Waals surface area contributed by atoms with Gasteiger partial charge in [-0.1, -0.05) is 286 Å². The molecule has 0 saturated carbocycles. The van der Waals surface area contributed by atoms with Crippen molar-refractivity contribution in [1.29, 1.82) is 0 Å². The molecule has 0 aliphatic carbocycles. The fraction of sp³-hybridized carbons (Fsp3) is 0.941. The van der Waals surface area contributed by atoms with Crippen LogP contribution in [0.4, 0.5) is 0 Å². The SMILES string of the molecule is CCCCCCCCCCCCCCC(=O)OC[C@H](COP(=O)(O)OC[C@@H](O)COP(=O)(O)OC[C@@H](COC(=O)CCCCCCCCC(C)C)OC(=O)CCCCCCCCC(C)C)OC(=O)CCCCCCCCCCCCCCCCC(C)C. The lowest BCUT2D eigenvalue weighted by Crippen LogP contribution is -2.30. The van der Waals surface area contributed by atoms with Gasteiger partial charge in [-0.25, -0.2) is 9.13 Å². The summed E-state index contributed by atoms with van der Waals surface area (Å²) in [6.07, 6.45) is 42.0. The Labute approximate surface area is 530 Å². The minimum atomic E-state index is -4.95. The molecule has 17 nitrogen and oxygen atoms in total. The van der Waals surface area contributed by atoms with Gasteiger partial charge < -0.3 is 33.8 Å². The van der Waals surface area contributed by atoms with Gasteiger partial charge in [-0.05, 0) is 43.4 Å². The fourth-order valence-electron chi connectivity index (χ4n) is 10.2. The number of hydrogen-bond acceptors (Lipinski definition) is 15. The third-order valence-electron chi connectivity index (χ3n) is 15.6. The Bertz CT molecular complexity index is 1720. The maximum absolute atomic E-state index is 13.0. The van der Waals surface area contributed by atoms with Crippen molar-refractivity contribution in [3.63, 3.8) is 0 Å². The van der Waals surface area contributed by atoms with E-state index in [1.807, 2.05) is 0 Å². The number of phosphoric acid groups is 2. The maximum Gasteiger partial charge on any atom is 0.472 e. The van der Waals surface area contributed by atoms with E-state index in [-0.39, 0.29) is 25.7 Å². The summed E-state index contributed by atoms with van der Waals surface area (Å²) in [5.41, 5.74) is 0. The molecule has 0 aromatic rings. The van der Waals surface area contributed by atoms with Gasteiger partial charge >= 0.3 is 39.5 Å². The molecule has 19 heteroatoms. The molecule has 0 fully saturated rings. The summed E-state index contributed by atoms with van der Waals surface area (Å²) in [4.78, 5) is 72.3. The molecule has 0 bridgehead atoms. The van der Waals surface area contributed by atoms with E-state index in [2.05, 4.69) is 48.5 Å². The summed E-state index contributed by atoms with van der Waals surface area (Å²) in [5.74, 6) is 0.00934. The molecule has 5 atom stereocenters. The highest BCUT2D eigenvalue weighted by Gasteiger charge is 2.30. The quantitative estimate of drug-likeness (QED) is 0.0222. The second-order valence-electron chi connectivity index (χ2n) is 26.0. The highest BCUT2D eigenvalue weighted by Crippen LogP contribution is 2.45. The van der Waals surface area contributed by atoms with Crippen molar-refractivity contribution in [2.24, 2.45) is 17.8 Å². The number of aliphatic hydroxyl groups is 1. The van der Waals surface area contributed by atoms with E-state index in [9.17, 15) is 43.2 Å². The van der Waals surface area contributed by atoms with Gasteiger partial charge in [0.05, 0.1) is 26.4 Å². The fourth-order valence-corrected chi connectivity index (χ4v) is 11.8. The van der Waals surface area contributed by atoms with Crippen molar-refractivity contribution in [3.8, 4) is 0 Å². The lowest BCUT2D eigenvalue weighted by atomic mass is 10.0. The minimum absolute atomic E-state index is 0.101. The summed E-state index contributed by atoms with van der Waals surface area (Å²) in [6.45, 7) is 11.7. The first kappa shape index (κ1) is 85.1. The second-order valence-corrected chi connectivity index (χ2v) is 28.9. The van der Waals surface area contributed by atoms with Crippen LogP contribution in [0.15, 0.2) is 0 Å². The van der Waals surface area contributed by atoms with Crippen LogP contribution in [-0.4, -0.2) is 96.7 Å². The molecule has 0 saturated heterocycles.